The second-order valence-corrected chi connectivity index (χ2v) is 12.1. The smallest absolute Gasteiger partial charge is 0.370 e. The summed E-state index contributed by atoms with van der Waals surface area (Å²) in [4.78, 5) is 15.3. The van der Waals surface area contributed by atoms with Gasteiger partial charge < -0.3 is 4.18 Å². The summed E-state index contributed by atoms with van der Waals surface area (Å²) in [6, 6.07) is 27.2. The highest BCUT2D eigenvalue weighted by atomic mass is 32.3. The van der Waals surface area contributed by atoms with Crippen molar-refractivity contribution in [3.8, 4) is 0 Å². The lowest BCUT2D eigenvalue weighted by Gasteiger charge is -2.39. The molecule has 192 valence electrons. The van der Waals surface area contributed by atoms with Crippen LogP contribution in [0.1, 0.15) is 26.2 Å². The van der Waals surface area contributed by atoms with Crippen LogP contribution in [0.3, 0.4) is 0 Å². The molecule has 5 nitrogen and oxygen atoms in total. The summed E-state index contributed by atoms with van der Waals surface area (Å²) in [6.45, 7) is 1.18. The fourth-order valence-corrected chi connectivity index (χ4v) is 6.92. The van der Waals surface area contributed by atoms with Gasteiger partial charge in [-0.15, -0.1) is 0 Å². The number of alkyl halides is 2. The molecule has 0 atom stereocenters. The van der Waals surface area contributed by atoms with Crippen molar-refractivity contribution >= 4 is 26.4 Å². The fraction of sp³-hybridized carbons (Fsp3) is 0.192. The number of benzene rings is 3. The molecule has 0 aliphatic carbocycles. The Morgan fingerprint density at radius 1 is 0.833 bits per heavy atom. The average Bonchev–Trinajstić information content (AvgIpc) is 2.87. The van der Waals surface area contributed by atoms with Gasteiger partial charge in [0.05, 0.1) is 5.57 Å². The maximum atomic E-state index is 14.8. The molecule has 3 rings (SSSR count). The first kappa shape index (κ1) is 27.5. The van der Waals surface area contributed by atoms with Crippen LogP contribution >= 0.6 is 10.3 Å². The van der Waals surface area contributed by atoms with Crippen molar-refractivity contribution in [2.45, 2.75) is 46.1 Å². The Morgan fingerprint density at radius 2 is 1.22 bits per heavy atom. The van der Waals surface area contributed by atoms with Gasteiger partial charge in [0.25, 0.3) is 0 Å². The van der Waals surface area contributed by atoms with Crippen LogP contribution in [-0.2, 0) is 19.1 Å². The Balaban J connectivity index is 1.99. The second kappa shape index (κ2) is 11.3. The SMILES string of the molecule is CC(C(=O)OS(c1ccccc1)(c1ccccc1)c1ccccc1)=C(F)CCCC(F)(F)S(=O)(=O)O. The number of carbonyl (C=O) groups excluding carboxylic acids is 1. The van der Waals surface area contributed by atoms with Gasteiger partial charge in [-0.2, -0.15) is 17.2 Å². The van der Waals surface area contributed by atoms with E-state index in [4.69, 9.17) is 8.74 Å². The maximum Gasteiger partial charge on any atom is 0.370 e. The fourth-order valence-electron chi connectivity index (χ4n) is 3.44. The van der Waals surface area contributed by atoms with Crippen LogP contribution in [0.2, 0.25) is 0 Å². The third-order valence-electron chi connectivity index (χ3n) is 5.38. The highest BCUT2D eigenvalue weighted by Crippen LogP contribution is 2.69. The van der Waals surface area contributed by atoms with Gasteiger partial charge in [0.15, 0.2) is 0 Å². The number of carbonyl (C=O) groups is 1. The summed E-state index contributed by atoms with van der Waals surface area (Å²) in [5.41, 5.74) is -0.412. The molecular weight excluding hydrogens is 513 g/mol. The van der Waals surface area contributed by atoms with Gasteiger partial charge in [-0.1, -0.05) is 54.6 Å². The summed E-state index contributed by atoms with van der Waals surface area (Å²) in [7, 11) is -8.27. The van der Waals surface area contributed by atoms with Crippen LogP contribution in [0.15, 0.2) is 117 Å². The first-order valence-corrected chi connectivity index (χ1v) is 13.9. The standard InChI is InChI=1S/C26H25F3O5S2/c1-20(24(27)18-11-19-26(28,29)36(31,32)33)25(30)34-35(21-12-5-2-6-13-21,22-14-7-3-8-15-22)23-16-9-4-10-17-23/h2-10,12-17H,11,18-19H2,1H3,(H,31,32,33). The summed E-state index contributed by atoms with van der Waals surface area (Å²) >= 11 is 0. The Kier molecular flexibility index (Phi) is 8.65. The molecule has 0 spiro atoms. The molecule has 0 bridgehead atoms. The Morgan fingerprint density at radius 3 is 1.58 bits per heavy atom. The van der Waals surface area contributed by atoms with E-state index in [0.717, 1.165) is 0 Å². The van der Waals surface area contributed by atoms with Gasteiger partial charge in [-0.25, -0.2) is 9.18 Å². The van der Waals surface area contributed by atoms with E-state index in [1.807, 2.05) is 54.6 Å². The van der Waals surface area contributed by atoms with E-state index in [-0.39, 0.29) is 0 Å². The highest BCUT2D eigenvalue weighted by Gasteiger charge is 2.43. The minimum absolute atomic E-state index is 0.412. The summed E-state index contributed by atoms with van der Waals surface area (Å²) in [6.07, 6.45) is -2.54. The predicted molar refractivity (Wildman–Crippen MR) is 132 cm³/mol. The molecule has 0 aliphatic heterocycles. The van der Waals surface area contributed by atoms with E-state index in [0.29, 0.717) is 14.7 Å². The van der Waals surface area contributed by atoms with Crippen LogP contribution in [0.5, 0.6) is 0 Å². The topological polar surface area (TPSA) is 80.7 Å². The molecule has 1 N–H and O–H groups in total. The predicted octanol–water partition coefficient (Wildman–Crippen LogP) is 7.32. The van der Waals surface area contributed by atoms with Gasteiger partial charge in [0.2, 0.25) is 0 Å². The van der Waals surface area contributed by atoms with E-state index in [1.165, 1.54) is 6.92 Å². The van der Waals surface area contributed by atoms with E-state index in [9.17, 15) is 26.4 Å². The lowest BCUT2D eigenvalue weighted by Crippen LogP contribution is -2.27. The maximum absolute atomic E-state index is 14.8. The van der Waals surface area contributed by atoms with Gasteiger partial charge in [-0.05, 0) is 66.5 Å². The molecule has 36 heavy (non-hydrogen) atoms. The minimum atomic E-state index is -5.61. The second-order valence-electron chi connectivity index (χ2n) is 7.86. The van der Waals surface area contributed by atoms with Crippen LogP contribution < -0.4 is 0 Å². The van der Waals surface area contributed by atoms with Gasteiger partial charge in [-0.3, -0.25) is 4.55 Å². The summed E-state index contributed by atoms with van der Waals surface area (Å²) < 4.78 is 78.0. The number of hydrogen-bond acceptors (Lipinski definition) is 4. The van der Waals surface area contributed by atoms with Crippen molar-refractivity contribution in [1.29, 1.82) is 0 Å². The molecule has 0 heterocycles. The first-order chi connectivity index (χ1) is 17.0. The van der Waals surface area contributed by atoms with Crippen LogP contribution in [0.4, 0.5) is 13.2 Å². The first-order valence-electron chi connectivity index (χ1n) is 10.9. The Labute approximate surface area is 209 Å². The zero-order valence-corrected chi connectivity index (χ0v) is 20.9. The van der Waals surface area contributed by atoms with Gasteiger partial charge >= 0.3 is 21.3 Å². The third-order valence-corrected chi connectivity index (χ3v) is 9.55. The average molecular weight is 539 g/mol. The third kappa shape index (κ3) is 6.00. The highest BCUT2D eigenvalue weighted by molar-refractivity contribution is 8.30. The van der Waals surface area contributed by atoms with E-state index < -0.39 is 62.3 Å². The number of hydrogen-bond donors (Lipinski definition) is 1. The molecule has 0 radical (unpaired) electrons. The molecular formula is C26H25F3O5S2. The normalized spacial score (nSPS) is 13.6. The lowest BCUT2D eigenvalue weighted by molar-refractivity contribution is -0.129. The number of halogens is 3. The molecule has 0 aliphatic rings. The summed E-state index contributed by atoms with van der Waals surface area (Å²) in [5, 5.41) is -4.41. The largest absolute Gasteiger partial charge is 0.398 e. The van der Waals surface area contributed by atoms with Gasteiger partial charge in [0, 0.05) is 21.1 Å². The molecule has 0 saturated heterocycles. The zero-order valence-electron chi connectivity index (χ0n) is 19.3. The number of rotatable bonds is 10. The molecule has 10 heteroatoms. The summed E-state index contributed by atoms with van der Waals surface area (Å²) in [5.74, 6) is -1.98. The van der Waals surface area contributed by atoms with E-state index in [2.05, 4.69) is 0 Å². The van der Waals surface area contributed by atoms with Gasteiger partial charge in [0.1, 0.15) is 5.83 Å². The zero-order chi connectivity index (χ0) is 26.4. The molecule has 0 fully saturated rings. The molecule has 0 saturated carbocycles. The molecule has 3 aromatic rings. The molecule has 0 unspecified atom stereocenters. The van der Waals surface area contributed by atoms with Crippen molar-refractivity contribution in [1.82, 2.24) is 0 Å². The Bertz CT molecular complexity index is 1220. The van der Waals surface area contributed by atoms with Crippen molar-refractivity contribution in [3.63, 3.8) is 0 Å². The Hall–Kier alpha value is -3.08. The van der Waals surface area contributed by atoms with Crippen LogP contribution in [-0.4, -0.2) is 24.2 Å². The van der Waals surface area contributed by atoms with Crippen molar-refractivity contribution in [2.75, 3.05) is 0 Å². The van der Waals surface area contributed by atoms with Crippen molar-refractivity contribution < 1.29 is 35.1 Å². The lowest BCUT2D eigenvalue weighted by atomic mass is 10.1. The van der Waals surface area contributed by atoms with Crippen LogP contribution in [0, 0.1) is 0 Å². The molecule has 0 aromatic heterocycles. The van der Waals surface area contributed by atoms with Crippen molar-refractivity contribution in [3.05, 3.63) is 102 Å². The minimum Gasteiger partial charge on any atom is -0.398 e. The quantitative estimate of drug-likeness (QED) is 0.216. The molecule has 3 aromatic carbocycles. The van der Waals surface area contributed by atoms with E-state index >= 15 is 0 Å². The van der Waals surface area contributed by atoms with Crippen LogP contribution in [0.25, 0.3) is 0 Å². The molecule has 0 amide bonds. The monoisotopic (exact) mass is 538 g/mol. The number of allylic oxidation sites excluding steroid dienone is 1. The van der Waals surface area contributed by atoms with E-state index in [1.54, 1.807) is 36.4 Å². The van der Waals surface area contributed by atoms with Crippen molar-refractivity contribution in [2.24, 2.45) is 0 Å².